The fraction of sp³-hybridized carbons (Fsp3) is 0.348. The number of anilines is 2. The van der Waals surface area contributed by atoms with Crippen molar-refractivity contribution in [3.8, 4) is 5.75 Å². The fourth-order valence-electron chi connectivity index (χ4n) is 3.40. The summed E-state index contributed by atoms with van der Waals surface area (Å²) in [5.74, 6) is 0.437. The topological polar surface area (TPSA) is 87.6 Å². The van der Waals surface area contributed by atoms with E-state index >= 15 is 0 Å². The standard InChI is InChI=1S/C23H26ClFN4O3/c1-4-32-22-11-21-18(8-14(22)7-16(30)10-17(31)12-29(2)3)23(27-13-26-21)28-15-5-6-20(25)19(24)9-15/h5-6,8-9,11,13,17,31H,4,7,10,12H2,1-3H3,(H,26,27,28). The predicted molar refractivity (Wildman–Crippen MR) is 123 cm³/mol. The fourth-order valence-corrected chi connectivity index (χ4v) is 3.58. The first kappa shape index (κ1) is 23.8. The van der Waals surface area contributed by atoms with Gasteiger partial charge in [0.25, 0.3) is 0 Å². The molecule has 0 aliphatic heterocycles. The first-order valence-electron chi connectivity index (χ1n) is 10.2. The summed E-state index contributed by atoms with van der Waals surface area (Å²) in [6.07, 6.45) is 0.824. The van der Waals surface area contributed by atoms with E-state index in [2.05, 4.69) is 15.3 Å². The molecule has 170 valence electrons. The highest BCUT2D eigenvalue weighted by molar-refractivity contribution is 6.31. The Kier molecular flexibility index (Phi) is 7.95. The Bertz CT molecular complexity index is 1110. The Hall–Kier alpha value is -2.81. The van der Waals surface area contributed by atoms with Gasteiger partial charge in [-0.15, -0.1) is 0 Å². The molecular weight excluding hydrogens is 435 g/mol. The number of nitrogens with zero attached hydrogens (tertiary/aromatic N) is 3. The molecule has 1 unspecified atom stereocenters. The zero-order valence-electron chi connectivity index (χ0n) is 18.2. The average molecular weight is 461 g/mol. The summed E-state index contributed by atoms with van der Waals surface area (Å²) < 4.78 is 19.2. The summed E-state index contributed by atoms with van der Waals surface area (Å²) in [5, 5.41) is 13.9. The van der Waals surface area contributed by atoms with Gasteiger partial charge in [-0.25, -0.2) is 14.4 Å². The number of carbonyl (C=O) groups excluding carboxylic acids is 1. The van der Waals surface area contributed by atoms with E-state index < -0.39 is 11.9 Å². The highest BCUT2D eigenvalue weighted by Crippen LogP contribution is 2.31. The molecule has 2 aromatic carbocycles. The van der Waals surface area contributed by atoms with Gasteiger partial charge in [0.2, 0.25) is 0 Å². The second-order valence-electron chi connectivity index (χ2n) is 7.72. The van der Waals surface area contributed by atoms with Crippen LogP contribution in [0.3, 0.4) is 0 Å². The highest BCUT2D eigenvalue weighted by atomic mass is 35.5. The third kappa shape index (κ3) is 6.12. The minimum Gasteiger partial charge on any atom is -0.494 e. The number of aliphatic hydroxyl groups excluding tert-OH is 1. The van der Waals surface area contributed by atoms with Gasteiger partial charge in [0.05, 0.1) is 23.3 Å². The number of carbonyl (C=O) groups is 1. The maximum absolute atomic E-state index is 13.5. The van der Waals surface area contributed by atoms with Crippen LogP contribution in [0.15, 0.2) is 36.7 Å². The molecule has 0 bridgehead atoms. The predicted octanol–water partition coefficient (Wildman–Crippen LogP) is 3.99. The quantitative estimate of drug-likeness (QED) is 0.473. The van der Waals surface area contributed by atoms with Crippen molar-refractivity contribution in [3.05, 3.63) is 53.1 Å². The van der Waals surface area contributed by atoms with Crippen LogP contribution >= 0.6 is 11.6 Å². The number of hydrogen-bond acceptors (Lipinski definition) is 7. The Labute approximate surface area is 191 Å². The molecule has 0 radical (unpaired) electrons. The maximum atomic E-state index is 13.5. The number of aliphatic hydroxyl groups is 1. The lowest BCUT2D eigenvalue weighted by Crippen LogP contribution is -2.28. The number of benzene rings is 2. The van der Waals surface area contributed by atoms with Crippen LogP contribution in [-0.2, 0) is 11.2 Å². The summed E-state index contributed by atoms with van der Waals surface area (Å²) in [7, 11) is 3.68. The minimum absolute atomic E-state index is 0.00504. The number of ketones is 1. The van der Waals surface area contributed by atoms with Gasteiger partial charge in [0, 0.05) is 42.1 Å². The van der Waals surface area contributed by atoms with Crippen molar-refractivity contribution >= 4 is 39.8 Å². The van der Waals surface area contributed by atoms with Gasteiger partial charge in [-0.2, -0.15) is 0 Å². The molecule has 7 nitrogen and oxygen atoms in total. The number of ether oxygens (including phenoxy) is 1. The van der Waals surface area contributed by atoms with Gasteiger partial charge in [-0.1, -0.05) is 11.6 Å². The van der Waals surface area contributed by atoms with Gasteiger partial charge < -0.3 is 20.1 Å². The molecule has 0 saturated carbocycles. The molecule has 0 fully saturated rings. The number of likely N-dealkylation sites (N-methyl/N-ethyl adjacent to an activating group) is 1. The molecule has 3 aromatic rings. The number of fused-ring (bicyclic) bond motifs is 1. The summed E-state index contributed by atoms with van der Waals surface area (Å²) >= 11 is 5.88. The van der Waals surface area contributed by atoms with Gasteiger partial charge >= 0.3 is 0 Å². The molecule has 1 atom stereocenters. The number of aromatic nitrogens is 2. The summed E-state index contributed by atoms with van der Waals surface area (Å²) in [6.45, 7) is 2.70. The average Bonchev–Trinajstić information content (AvgIpc) is 2.71. The molecule has 0 aliphatic rings. The van der Waals surface area contributed by atoms with E-state index in [0.717, 1.165) is 0 Å². The van der Waals surface area contributed by atoms with Crippen molar-refractivity contribution in [1.29, 1.82) is 0 Å². The smallest absolute Gasteiger partial charge is 0.141 e. The van der Waals surface area contributed by atoms with Crippen LogP contribution in [0.1, 0.15) is 18.9 Å². The second-order valence-corrected chi connectivity index (χ2v) is 8.13. The number of Topliss-reactive ketones (excluding diaryl/α,β-unsaturated/α-hetero) is 1. The third-order valence-electron chi connectivity index (χ3n) is 4.73. The van der Waals surface area contributed by atoms with Crippen molar-refractivity contribution in [3.63, 3.8) is 0 Å². The molecule has 2 N–H and O–H groups in total. The number of halogens is 2. The first-order chi connectivity index (χ1) is 15.3. The Morgan fingerprint density at radius 3 is 2.75 bits per heavy atom. The van der Waals surface area contributed by atoms with E-state index in [0.29, 0.717) is 46.9 Å². The summed E-state index contributed by atoms with van der Waals surface area (Å²) in [6, 6.07) is 7.87. The van der Waals surface area contributed by atoms with Crippen LogP contribution in [0.4, 0.5) is 15.9 Å². The lowest BCUT2D eigenvalue weighted by atomic mass is 10.0. The molecule has 0 amide bonds. The number of rotatable bonds is 10. The van der Waals surface area contributed by atoms with E-state index in [9.17, 15) is 14.3 Å². The Morgan fingerprint density at radius 2 is 2.06 bits per heavy atom. The van der Waals surface area contributed by atoms with Crippen molar-refractivity contribution in [2.75, 3.05) is 32.6 Å². The summed E-state index contributed by atoms with van der Waals surface area (Å²) in [4.78, 5) is 23.1. The van der Waals surface area contributed by atoms with E-state index in [4.69, 9.17) is 16.3 Å². The zero-order valence-corrected chi connectivity index (χ0v) is 19.0. The van der Waals surface area contributed by atoms with E-state index in [1.807, 2.05) is 32.0 Å². The molecule has 1 aromatic heterocycles. The SMILES string of the molecule is CCOc1cc2ncnc(Nc3ccc(F)c(Cl)c3)c2cc1CC(=O)CC(O)CN(C)C. The first-order valence-corrected chi connectivity index (χ1v) is 10.6. The molecule has 0 aliphatic carbocycles. The largest absolute Gasteiger partial charge is 0.494 e. The van der Waals surface area contributed by atoms with Crippen LogP contribution in [0.2, 0.25) is 5.02 Å². The van der Waals surface area contributed by atoms with Gasteiger partial charge in [0.15, 0.2) is 0 Å². The van der Waals surface area contributed by atoms with Crippen LogP contribution in [-0.4, -0.2) is 59.1 Å². The monoisotopic (exact) mass is 460 g/mol. The van der Waals surface area contributed by atoms with Crippen molar-refractivity contribution < 1.29 is 19.0 Å². The molecule has 0 saturated heterocycles. The van der Waals surface area contributed by atoms with E-state index in [1.165, 1.54) is 18.5 Å². The zero-order chi connectivity index (χ0) is 23.3. The van der Waals surface area contributed by atoms with Crippen LogP contribution in [0.5, 0.6) is 5.75 Å². The molecule has 1 heterocycles. The number of nitrogens with one attached hydrogen (secondary N) is 1. The highest BCUT2D eigenvalue weighted by Gasteiger charge is 2.17. The third-order valence-corrected chi connectivity index (χ3v) is 5.02. The lowest BCUT2D eigenvalue weighted by molar-refractivity contribution is -0.120. The van der Waals surface area contributed by atoms with E-state index in [1.54, 1.807) is 12.1 Å². The van der Waals surface area contributed by atoms with Crippen molar-refractivity contribution in [2.45, 2.75) is 25.9 Å². The van der Waals surface area contributed by atoms with Crippen LogP contribution < -0.4 is 10.1 Å². The molecule has 3 rings (SSSR count). The maximum Gasteiger partial charge on any atom is 0.141 e. The summed E-state index contributed by atoms with van der Waals surface area (Å²) in [5.41, 5.74) is 1.87. The molecular formula is C23H26ClFN4O3. The Morgan fingerprint density at radius 1 is 1.28 bits per heavy atom. The molecule has 9 heteroatoms. The lowest BCUT2D eigenvalue weighted by Gasteiger charge is -2.16. The van der Waals surface area contributed by atoms with Crippen LogP contribution in [0.25, 0.3) is 10.9 Å². The minimum atomic E-state index is -0.739. The Balaban J connectivity index is 1.92. The number of hydrogen-bond donors (Lipinski definition) is 2. The molecule has 0 spiro atoms. The van der Waals surface area contributed by atoms with Crippen molar-refractivity contribution in [2.24, 2.45) is 0 Å². The normalized spacial score (nSPS) is 12.2. The van der Waals surface area contributed by atoms with E-state index in [-0.39, 0.29) is 23.6 Å². The molecule has 32 heavy (non-hydrogen) atoms. The van der Waals surface area contributed by atoms with Crippen molar-refractivity contribution in [1.82, 2.24) is 14.9 Å². The second kappa shape index (κ2) is 10.7. The van der Waals surface area contributed by atoms with Crippen LogP contribution in [0, 0.1) is 5.82 Å². The van der Waals surface area contributed by atoms with Gasteiger partial charge in [0.1, 0.15) is 29.5 Å². The van der Waals surface area contributed by atoms with Gasteiger partial charge in [-0.05, 0) is 45.3 Å². The van der Waals surface area contributed by atoms with Gasteiger partial charge in [-0.3, -0.25) is 4.79 Å².